The Morgan fingerprint density at radius 3 is 2.25 bits per heavy atom. The van der Waals surface area contributed by atoms with Crippen LogP contribution in [0.15, 0.2) is 0 Å². The number of carboxylic acids is 1. The largest absolute Gasteiger partial charge is 0.481 e. The van der Waals surface area contributed by atoms with E-state index < -0.39 is 12.3 Å². The molecule has 0 bridgehead atoms. The highest BCUT2D eigenvalue weighted by Crippen LogP contribution is 2.45. The summed E-state index contributed by atoms with van der Waals surface area (Å²) in [6, 6.07) is 0. The number of aliphatic carboxylic acids is 1. The number of carboxylic acid groups (broad SMARTS) is 1. The smallest absolute Gasteiger partial charge is 0.306 e. The van der Waals surface area contributed by atoms with E-state index in [-0.39, 0.29) is 11.8 Å². The van der Waals surface area contributed by atoms with Gasteiger partial charge in [0.2, 0.25) is 0 Å². The van der Waals surface area contributed by atoms with Crippen molar-refractivity contribution < 1.29 is 20.1 Å². The molecule has 16 heavy (non-hydrogen) atoms. The van der Waals surface area contributed by atoms with E-state index in [9.17, 15) is 4.79 Å². The third-order valence-electron chi connectivity index (χ3n) is 4.42. The van der Waals surface area contributed by atoms with Gasteiger partial charge in [0.05, 0.1) is 5.92 Å². The summed E-state index contributed by atoms with van der Waals surface area (Å²) in [6.45, 7) is 0. The van der Waals surface area contributed by atoms with Gasteiger partial charge in [-0.3, -0.25) is 4.79 Å². The fourth-order valence-corrected chi connectivity index (χ4v) is 3.42. The molecule has 4 unspecified atom stereocenters. The summed E-state index contributed by atoms with van der Waals surface area (Å²) in [5, 5.41) is 27.3. The summed E-state index contributed by atoms with van der Waals surface area (Å²) < 4.78 is 0. The summed E-state index contributed by atoms with van der Waals surface area (Å²) in [5.41, 5.74) is 0. The lowest BCUT2D eigenvalue weighted by Gasteiger charge is -2.41. The molecule has 0 aromatic carbocycles. The minimum Gasteiger partial charge on any atom is -0.481 e. The first-order valence-electron chi connectivity index (χ1n) is 6.17. The summed E-state index contributed by atoms with van der Waals surface area (Å²) in [7, 11) is 0. The Morgan fingerprint density at radius 1 is 1.00 bits per heavy atom. The number of hydrogen-bond acceptors (Lipinski definition) is 3. The van der Waals surface area contributed by atoms with Gasteiger partial charge >= 0.3 is 5.97 Å². The lowest BCUT2D eigenvalue weighted by Crippen LogP contribution is -2.36. The monoisotopic (exact) mass is 228 g/mol. The predicted molar refractivity (Wildman–Crippen MR) is 57.5 cm³/mol. The van der Waals surface area contributed by atoms with Gasteiger partial charge < -0.3 is 15.3 Å². The van der Waals surface area contributed by atoms with E-state index in [4.69, 9.17) is 15.3 Å². The van der Waals surface area contributed by atoms with Gasteiger partial charge in [0, 0.05) is 5.92 Å². The van der Waals surface area contributed by atoms with Crippen molar-refractivity contribution in [2.75, 3.05) is 0 Å². The zero-order valence-electron chi connectivity index (χ0n) is 9.38. The molecule has 0 heterocycles. The van der Waals surface area contributed by atoms with Gasteiger partial charge in [0.15, 0.2) is 6.29 Å². The molecule has 0 spiro atoms. The highest BCUT2D eigenvalue weighted by molar-refractivity contribution is 5.70. The van der Waals surface area contributed by atoms with Crippen LogP contribution in [0.25, 0.3) is 0 Å². The van der Waals surface area contributed by atoms with E-state index in [0.29, 0.717) is 11.8 Å². The number of rotatable bonds is 2. The number of aliphatic hydroxyl groups is 2. The van der Waals surface area contributed by atoms with Crippen molar-refractivity contribution >= 4 is 5.97 Å². The van der Waals surface area contributed by atoms with E-state index in [1.165, 1.54) is 0 Å². The van der Waals surface area contributed by atoms with Gasteiger partial charge in [-0.05, 0) is 50.4 Å². The van der Waals surface area contributed by atoms with Gasteiger partial charge in [-0.15, -0.1) is 0 Å². The van der Waals surface area contributed by atoms with Gasteiger partial charge in [-0.1, -0.05) is 0 Å². The van der Waals surface area contributed by atoms with Crippen LogP contribution in [0.4, 0.5) is 0 Å². The molecule has 3 N–H and O–H groups in total. The van der Waals surface area contributed by atoms with Gasteiger partial charge in [0.25, 0.3) is 0 Å². The van der Waals surface area contributed by atoms with Crippen LogP contribution in [0, 0.1) is 23.7 Å². The zero-order valence-corrected chi connectivity index (χ0v) is 9.38. The van der Waals surface area contributed by atoms with Gasteiger partial charge in [-0.2, -0.15) is 0 Å². The molecule has 4 nitrogen and oxygen atoms in total. The van der Waals surface area contributed by atoms with Crippen LogP contribution in [0.3, 0.4) is 0 Å². The van der Waals surface area contributed by atoms with Crippen molar-refractivity contribution in [2.24, 2.45) is 23.7 Å². The second kappa shape index (κ2) is 4.72. The molecular weight excluding hydrogens is 208 g/mol. The summed E-state index contributed by atoms with van der Waals surface area (Å²) in [4.78, 5) is 10.9. The minimum absolute atomic E-state index is 0.00243. The normalized spacial score (nSPS) is 39.4. The SMILES string of the molecule is O=C(O)C1CCC2CC(C(O)O)CCC2C1. The van der Waals surface area contributed by atoms with Crippen LogP contribution < -0.4 is 0 Å². The van der Waals surface area contributed by atoms with E-state index in [1.807, 2.05) is 0 Å². The van der Waals surface area contributed by atoms with Crippen LogP contribution in [-0.4, -0.2) is 27.6 Å². The molecule has 4 atom stereocenters. The van der Waals surface area contributed by atoms with E-state index in [0.717, 1.165) is 38.5 Å². The standard InChI is InChI=1S/C12H20O4/c13-11(14)9-3-1-7-5-10(12(15)16)4-2-8(7)6-9/h7-11,13-14H,1-6H2,(H,15,16). The Morgan fingerprint density at radius 2 is 1.62 bits per heavy atom. The van der Waals surface area contributed by atoms with Crippen LogP contribution in [-0.2, 0) is 4.79 Å². The Balaban J connectivity index is 1.92. The maximum absolute atomic E-state index is 10.9. The van der Waals surface area contributed by atoms with E-state index in [2.05, 4.69) is 0 Å². The second-order valence-electron chi connectivity index (χ2n) is 5.36. The zero-order chi connectivity index (χ0) is 11.7. The molecule has 2 aliphatic rings. The molecule has 2 rings (SSSR count). The average molecular weight is 228 g/mol. The Labute approximate surface area is 95.3 Å². The van der Waals surface area contributed by atoms with Crippen LogP contribution in [0.5, 0.6) is 0 Å². The molecule has 0 saturated heterocycles. The molecule has 0 amide bonds. The number of fused-ring (bicyclic) bond motifs is 1. The van der Waals surface area contributed by atoms with Crippen LogP contribution >= 0.6 is 0 Å². The van der Waals surface area contributed by atoms with Crippen LogP contribution in [0.2, 0.25) is 0 Å². The molecule has 0 aromatic rings. The molecule has 2 saturated carbocycles. The first-order valence-corrected chi connectivity index (χ1v) is 6.17. The number of aliphatic hydroxyl groups excluding tert-OH is 1. The van der Waals surface area contributed by atoms with E-state index in [1.54, 1.807) is 0 Å². The van der Waals surface area contributed by atoms with Gasteiger partial charge in [-0.25, -0.2) is 0 Å². The molecule has 0 aromatic heterocycles. The van der Waals surface area contributed by atoms with Crippen molar-refractivity contribution in [2.45, 2.75) is 44.8 Å². The number of carbonyl (C=O) groups is 1. The highest BCUT2D eigenvalue weighted by atomic mass is 16.5. The Kier molecular flexibility index (Phi) is 3.50. The fourth-order valence-electron chi connectivity index (χ4n) is 3.42. The molecule has 0 aliphatic heterocycles. The summed E-state index contributed by atoms with van der Waals surface area (Å²) in [5.74, 6) is 0.170. The average Bonchev–Trinajstić information content (AvgIpc) is 2.27. The Hall–Kier alpha value is -0.610. The Bertz CT molecular complexity index is 264. The molecule has 92 valence electrons. The second-order valence-corrected chi connectivity index (χ2v) is 5.36. The van der Waals surface area contributed by atoms with Crippen LogP contribution in [0.1, 0.15) is 38.5 Å². The highest BCUT2D eigenvalue weighted by Gasteiger charge is 2.38. The van der Waals surface area contributed by atoms with Crippen molar-refractivity contribution in [3.63, 3.8) is 0 Å². The first-order chi connectivity index (χ1) is 7.58. The molecule has 0 radical (unpaired) electrons. The quantitative estimate of drug-likeness (QED) is 0.621. The molecule has 2 fully saturated rings. The van der Waals surface area contributed by atoms with Crippen molar-refractivity contribution in [1.29, 1.82) is 0 Å². The maximum atomic E-state index is 10.9. The molecular formula is C12H20O4. The predicted octanol–water partition coefficient (Wildman–Crippen LogP) is 1.21. The lowest BCUT2D eigenvalue weighted by atomic mass is 9.65. The van der Waals surface area contributed by atoms with Gasteiger partial charge in [0.1, 0.15) is 0 Å². The summed E-state index contributed by atoms with van der Waals surface area (Å²) in [6.07, 6.45) is 3.92. The molecule has 2 aliphatic carbocycles. The third-order valence-corrected chi connectivity index (χ3v) is 4.42. The third kappa shape index (κ3) is 2.38. The maximum Gasteiger partial charge on any atom is 0.306 e. The minimum atomic E-state index is -1.20. The number of hydrogen-bond donors (Lipinski definition) is 3. The van der Waals surface area contributed by atoms with Crippen molar-refractivity contribution in [3.8, 4) is 0 Å². The summed E-state index contributed by atoms with van der Waals surface area (Å²) >= 11 is 0. The van der Waals surface area contributed by atoms with Crippen molar-refractivity contribution in [3.05, 3.63) is 0 Å². The molecule has 4 heteroatoms. The topological polar surface area (TPSA) is 77.8 Å². The van der Waals surface area contributed by atoms with Crippen molar-refractivity contribution in [1.82, 2.24) is 0 Å². The first kappa shape index (κ1) is 11.9. The fraction of sp³-hybridized carbons (Fsp3) is 0.917. The van der Waals surface area contributed by atoms with E-state index >= 15 is 0 Å². The lowest BCUT2D eigenvalue weighted by molar-refractivity contribution is -0.145.